The third-order valence-electron chi connectivity index (χ3n) is 4.41. The van der Waals surface area contributed by atoms with Crippen molar-refractivity contribution in [2.24, 2.45) is 5.41 Å². The highest BCUT2D eigenvalue weighted by molar-refractivity contribution is 5.85. The molecule has 0 radical (unpaired) electrons. The fraction of sp³-hybridized carbons (Fsp3) is 0.857. The van der Waals surface area contributed by atoms with Crippen LogP contribution in [0.2, 0.25) is 0 Å². The SMILES string of the molecule is COC1(C)CCCN(C(=O)C2(C#N)CCOCC2)C1. The molecule has 0 saturated carbocycles. The number of likely N-dealkylation sites (tertiary alicyclic amines) is 1. The molecule has 0 aromatic rings. The first-order valence-electron chi connectivity index (χ1n) is 6.89. The zero-order valence-corrected chi connectivity index (χ0v) is 11.8. The molecular formula is C14H22N2O3. The van der Waals surface area contributed by atoms with Crippen LogP contribution in [0.5, 0.6) is 0 Å². The van der Waals surface area contributed by atoms with Crippen molar-refractivity contribution in [2.45, 2.75) is 38.2 Å². The van der Waals surface area contributed by atoms with Crippen LogP contribution in [0.25, 0.3) is 0 Å². The molecule has 1 amide bonds. The highest BCUT2D eigenvalue weighted by atomic mass is 16.5. The summed E-state index contributed by atoms with van der Waals surface area (Å²) in [6.07, 6.45) is 2.88. The number of hydrogen-bond donors (Lipinski definition) is 0. The second-order valence-corrected chi connectivity index (χ2v) is 5.79. The summed E-state index contributed by atoms with van der Waals surface area (Å²) in [6, 6.07) is 2.25. The van der Waals surface area contributed by atoms with E-state index in [9.17, 15) is 10.1 Å². The van der Waals surface area contributed by atoms with Gasteiger partial charge in [-0.3, -0.25) is 4.79 Å². The van der Waals surface area contributed by atoms with E-state index in [1.807, 2.05) is 11.8 Å². The van der Waals surface area contributed by atoms with Gasteiger partial charge >= 0.3 is 0 Å². The first kappa shape index (κ1) is 14.3. The van der Waals surface area contributed by atoms with Crippen LogP contribution in [0.4, 0.5) is 0 Å². The molecule has 0 aromatic heterocycles. The molecule has 1 atom stereocenters. The van der Waals surface area contributed by atoms with Crippen LogP contribution in [0.1, 0.15) is 32.6 Å². The molecule has 2 aliphatic rings. The Morgan fingerprint density at radius 1 is 1.37 bits per heavy atom. The molecule has 2 heterocycles. The molecule has 0 N–H and O–H groups in total. The van der Waals surface area contributed by atoms with E-state index in [4.69, 9.17) is 9.47 Å². The summed E-state index contributed by atoms with van der Waals surface area (Å²) in [4.78, 5) is 14.5. The second kappa shape index (κ2) is 5.48. The van der Waals surface area contributed by atoms with E-state index in [1.165, 1.54) is 0 Å². The third kappa shape index (κ3) is 2.75. The summed E-state index contributed by atoms with van der Waals surface area (Å²) in [7, 11) is 1.68. The Bertz CT molecular complexity index is 385. The standard InChI is InChI=1S/C14H22N2O3/c1-13(18-2)4-3-7-16(11-13)12(17)14(10-15)5-8-19-9-6-14/h3-9,11H2,1-2H3. The molecule has 0 aromatic carbocycles. The van der Waals surface area contributed by atoms with Crippen molar-refractivity contribution in [1.29, 1.82) is 5.26 Å². The van der Waals surface area contributed by atoms with E-state index >= 15 is 0 Å². The average Bonchev–Trinajstić information content (AvgIpc) is 2.47. The summed E-state index contributed by atoms with van der Waals surface area (Å²) in [5.41, 5.74) is -1.17. The molecule has 1 unspecified atom stereocenters. The van der Waals surface area contributed by atoms with Crippen molar-refractivity contribution in [3.63, 3.8) is 0 Å². The number of piperidine rings is 1. The normalized spacial score (nSPS) is 30.7. The number of amides is 1. The van der Waals surface area contributed by atoms with Crippen LogP contribution >= 0.6 is 0 Å². The number of rotatable bonds is 2. The van der Waals surface area contributed by atoms with Gasteiger partial charge in [0.15, 0.2) is 0 Å². The van der Waals surface area contributed by atoms with Crippen molar-refractivity contribution in [1.82, 2.24) is 4.90 Å². The van der Waals surface area contributed by atoms with Crippen LogP contribution in [0.15, 0.2) is 0 Å². The number of ether oxygens (including phenoxy) is 2. The van der Waals surface area contributed by atoms with Gasteiger partial charge in [-0.1, -0.05) is 0 Å². The molecule has 2 saturated heterocycles. The average molecular weight is 266 g/mol. The van der Waals surface area contributed by atoms with Crippen molar-refractivity contribution >= 4 is 5.91 Å². The van der Waals surface area contributed by atoms with Gasteiger partial charge in [0.25, 0.3) is 0 Å². The van der Waals surface area contributed by atoms with Crippen LogP contribution in [0.3, 0.4) is 0 Å². The summed E-state index contributed by atoms with van der Waals surface area (Å²) in [5.74, 6) is -0.0405. The molecule has 0 bridgehead atoms. The lowest BCUT2D eigenvalue weighted by molar-refractivity contribution is -0.151. The Balaban J connectivity index is 2.12. The first-order valence-corrected chi connectivity index (χ1v) is 6.89. The molecule has 5 nitrogen and oxygen atoms in total. The van der Waals surface area contributed by atoms with Gasteiger partial charge in [-0.2, -0.15) is 5.26 Å². The largest absolute Gasteiger partial charge is 0.381 e. The van der Waals surface area contributed by atoms with Crippen molar-refractivity contribution in [3.05, 3.63) is 0 Å². The molecule has 0 aliphatic carbocycles. The molecule has 2 rings (SSSR count). The highest BCUT2D eigenvalue weighted by Gasteiger charge is 2.45. The first-order chi connectivity index (χ1) is 9.05. The number of methoxy groups -OCH3 is 1. The van der Waals surface area contributed by atoms with E-state index in [0.717, 1.165) is 19.4 Å². The zero-order valence-electron chi connectivity index (χ0n) is 11.8. The molecule has 106 valence electrons. The number of nitrogens with zero attached hydrogens (tertiary/aromatic N) is 2. The van der Waals surface area contributed by atoms with Gasteiger partial charge in [0, 0.05) is 33.4 Å². The van der Waals surface area contributed by atoms with Gasteiger partial charge in [0.1, 0.15) is 5.41 Å². The lowest BCUT2D eigenvalue weighted by Gasteiger charge is -2.42. The second-order valence-electron chi connectivity index (χ2n) is 5.79. The van der Waals surface area contributed by atoms with Gasteiger partial charge in [-0.05, 0) is 32.6 Å². The van der Waals surface area contributed by atoms with Gasteiger partial charge in [0.05, 0.1) is 11.7 Å². The highest BCUT2D eigenvalue weighted by Crippen LogP contribution is 2.34. The van der Waals surface area contributed by atoms with E-state index in [0.29, 0.717) is 32.6 Å². The minimum Gasteiger partial charge on any atom is -0.381 e. The fourth-order valence-electron chi connectivity index (χ4n) is 2.94. The summed E-state index contributed by atoms with van der Waals surface area (Å²) >= 11 is 0. The van der Waals surface area contributed by atoms with E-state index < -0.39 is 5.41 Å². The third-order valence-corrected chi connectivity index (χ3v) is 4.41. The van der Waals surface area contributed by atoms with Crippen LogP contribution in [0, 0.1) is 16.7 Å². The van der Waals surface area contributed by atoms with Gasteiger partial charge in [-0.25, -0.2) is 0 Å². The van der Waals surface area contributed by atoms with Crippen LogP contribution in [-0.4, -0.2) is 49.8 Å². The predicted octanol–water partition coefficient (Wildman–Crippen LogP) is 1.33. The molecule has 2 aliphatic heterocycles. The smallest absolute Gasteiger partial charge is 0.243 e. The monoisotopic (exact) mass is 266 g/mol. The maximum Gasteiger partial charge on any atom is 0.243 e. The van der Waals surface area contributed by atoms with Crippen LogP contribution in [-0.2, 0) is 14.3 Å². The van der Waals surface area contributed by atoms with Gasteiger partial charge < -0.3 is 14.4 Å². The summed E-state index contributed by atoms with van der Waals surface area (Å²) in [6.45, 7) is 4.31. The maximum atomic E-state index is 12.7. The number of carbonyl (C=O) groups excluding carboxylic acids is 1. The van der Waals surface area contributed by atoms with Crippen LogP contribution < -0.4 is 0 Å². The van der Waals surface area contributed by atoms with Crippen molar-refractivity contribution in [3.8, 4) is 6.07 Å². The Morgan fingerprint density at radius 3 is 2.63 bits per heavy atom. The van der Waals surface area contributed by atoms with E-state index in [-0.39, 0.29) is 11.5 Å². The van der Waals surface area contributed by atoms with Gasteiger partial charge in [0.2, 0.25) is 5.91 Å². The zero-order chi connectivity index (χ0) is 13.9. The Hall–Kier alpha value is -1.12. The van der Waals surface area contributed by atoms with Crippen molar-refractivity contribution < 1.29 is 14.3 Å². The molecule has 5 heteroatoms. The molecule has 0 spiro atoms. The Morgan fingerprint density at radius 2 is 2.05 bits per heavy atom. The minimum atomic E-state index is -0.885. The Kier molecular flexibility index (Phi) is 4.12. The lowest BCUT2D eigenvalue weighted by atomic mass is 9.79. The van der Waals surface area contributed by atoms with E-state index in [1.54, 1.807) is 7.11 Å². The predicted molar refractivity (Wildman–Crippen MR) is 69.3 cm³/mol. The fourth-order valence-corrected chi connectivity index (χ4v) is 2.94. The number of nitriles is 1. The van der Waals surface area contributed by atoms with E-state index in [2.05, 4.69) is 6.07 Å². The Labute approximate surface area is 114 Å². The lowest BCUT2D eigenvalue weighted by Crippen LogP contribution is -2.54. The number of carbonyl (C=O) groups is 1. The van der Waals surface area contributed by atoms with Crippen molar-refractivity contribution in [2.75, 3.05) is 33.4 Å². The molecule has 19 heavy (non-hydrogen) atoms. The summed E-state index contributed by atoms with van der Waals surface area (Å²) < 4.78 is 10.8. The quantitative estimate of drug-likeness (QED) is 0.756. The molecule has 2 fully saturated rings. The van der Waals surface area contributed by atoms with Gasteiger partial charge in [-0.15, -0.1) is 0 Å². The molecular weight excluding hydrogens is 244 g/mol. The minimum absolute atomic E-state index is 0.0405. The number of hydrogen-bond acceptors (Lipinski definition) is 4. The summed E-state index contributed by atoms with van der Waals surface area (Å²) in [5, 5.41) is 9.45. The topological polar surface area (TPSA) is 62.6 Å². The maximum absolute atomic E-state index is 12.7.